The van der Waals surface area contributed by atoms with E-state index >= 15 is 0 Å². The molecular weight excluding hydrogens is 242 g/mol. The lowest BCUT2D eigenvalue weighted by Crippen LogP contribution is -2.34. The van der Waals surface area contributed by atoms with E-state index in [-0.39, 0.29) is 0 Å². The van der Waals surface area contributed by atoms with Crippen LogP contribution in [0.1, 0.15) is 44.7 Å². The summed E-state index contributed by atoms with van der Waals surface area (Å²) in [5.41, 5.74) is 7.59. The summed E-state index contributed by atoms with van der Waals surface area (Å²) in [5.74, 6) is 0. The van der Waals surface area contributed by atoms with E-state index in [4.69, 9.17) is 18.0 Å². The fourth-order valence-electron chi connectivity index (χ4n) is 2.67. The number of nitrogens with zero attached hydrogens (tertiary/aromatic N) is 2. The standard InChI is InChI=1S/C14H21N3S/c1-2-11-6-4-3-5-9-17(11)12-7-8-16-13(10-12)14(15)18/h7-8,10-11H,2-6,9H2,1H3,(H2,15,18). The van der Waals surface area contributed by atoms with Crippen molar-refractivity contribution in [3.63, 3.8) is 0 Å². The Hall–Kier alpha value is -1.16. The van der Waals surface area contributed by atoms with E-state index in [0.29, 0.717) is 11.0 Å². The molecule has 0 aliphatic carbocycles. The van der Waals surface area contributed by atoms with Crippen LogP contribution in [0.3, 0.4) is 0 Å². The van der Waals surface area contributed by atoms with Crippen molar-refractivity contribution in [3.05, 3.63) is 24.0 Å². The Kier molecular flexibility index (Phi) is 4.53. The Morgan fingerprint density at radius 2 is 2.33 bits per heavy atom. The molecule has 1 aliphatic heterocycles. The predicted octanol–water partition coefficient (Wildman–Crippen LogP) is 2.87. The van der Waals surface area contributed by atoms with Crippen LogP contribution in [0, 0.1) is 0 Å². The lowest BCUT2D eigenvalue weighted by atomic mass is 10.1. The van der Waals surface area contributed by atoms with E-state index in [1.54, 1.807) is 6.20 Å². The average Bonchev–Trinajstić information content (AvgIpc) is 2.63. The zero-order valence-electron chi connectivity index (χ0n) is 10.9. The highest BCUT2D eigenvalue weighted by atomic mass is 32.1. The highest BCUT2D eigenvalue weighted by molar-refractivity contribution is 7.80. The second kappa shape index (κ2) is 6.14. The number of nitrogens with two attached hydrogens (primary N) is 1. The van der Waals surface area contributed by atoms with Gasteiger partial charge in [-0.3, -0.25) is 4.98 Å². The molecule has 98 valence electrons. The number of pyridine rings is 1. The minimum Gasteiger partial charge on any atom is -0.388 e. The Bertz CT molecular complexity index is 419. The molecule has 0 spiro atoms. The van der Waals surface area contributed by atoms with Crippen LogP contribution in [-0.4, -0.2) is 22.6 Å². The molecule has 1 aromatic rings. The summed E-state index contributed by atoms with van der Waals surface area (Å²) < 4.78 is 0. The number of rotatable bonds is 3. The molecule has 1 fully saturated rings. The maximum absolute atomic E-state index is 5.66. The molecule has 1 unspecified atom stereocenters. The lowest BCUT2D eigenvalue weighted by molar-refractivity contribution is 0.556. The Labute approximate surface area is 114 Å². The van der Waals surface area contributed by atoms with Gasteiger partial charge in [-0.2, -0.15) is 0 Å². The molecule has 4 heteroatoms. The van der Waals surface area contributed by atoms with Gasteiger partial charge in [-0.15, -0.1) is 0 Å². The smallest absolute Gasteiger partial charge is 0.122 e. The lowest BCUT2D eigenvalue weighted by Gasteiger charge is -2.31. The normalized spacial score (nSPS) is 20.5. The molecular formula is C14H21N3S. The molecule has 2 heterocycles. The highest BCUT2D eigenvalue weighted by Crippen LogP contribution is 2.25. The third-order valence-electron chi connectivity index (χ3n) is 3.68. The fraction of sp³-hybridized carbons (Fsp3) is 0.571. The monoisotopic (exact) mass is 263 g/mol. The van der Waals surface area contributed by atoms with Crippen LogP contribution in [0.25, 0.3) is 0 Å². The molecule has 1 aromatic heterocycles. The quantitative estimate of drug-likeness (QED) is 0.852. The third-order valence-corrected chi connectivity index (χ3v) is 3.89. The van der Waals surface area contributed by atoms with E-state index < -0.39 is 0 Å². The largest absolute Gasteiger partial charge is 0.388 e. The first-order valence-corrected chi connectivity index (χ1v) is 7.15. The number of hydrogen-bond donors (Lipinski definition) is 1. The van der Waals surface area contributed by atoms with E-state index in [0.717, 1.165) is 12.2 Å². The van der Waals surface area contributed by atoms with Crippen molar-refractivity contribution < 1.29 is 0 Å². The van der Waals surface area contributed by atoms with Crippen LogP contribution in [0.4, 0.5) is 5.69 Å². The highest BCUT2D eigenvalue weighted by Gasteiger charge is 2.20. The molecule has 1 aliphatic rings. The summed E-state index contributed by atoms with van der Waals surface area (Å²) in [7, 11) is 0. The van der Waals surface area contributed by atoms with E-state index in [2.05, 4.69) is 22.9 Å². The van der Waals surface area contributed by atoms with Crippen LogP contribution < -0.4 is 10.6 Å². The Balaban J connectivity index is 2.26. The van der Waals surface area contributed by atoms with Gasteiger partial charge in [-0.05, 0) is 31.4 Å². The summed E-state index contributed by atoms with van der Waals surface area (Å²) in [5, 5.41) is 0. The van der Waals surface area contributed by atoms with Gasteiger partial charge in [-0.25, -0.2) is 0 Å². The van der Waals surface area contributed by atoms with Crippen LogP contribution in [0.15, 0.2) is 18.3 Å². The molecule has 1 atom stereocenters. The second-order valence-electron chi connectivity index (χ2n) is 4.87. The predicted molar refractivity (Wildman–Crippen MR) is 80.0 cm³/mol. The third kappa shape index (κ3) is 2.99. The SMILES string of the molecule is CCC1CCCCCN1c1ccnc(C(N)=S)c1. The molecule has 0 radical (unpaired) electrons. The number of aromatic nitrogens is 1. The summed E-state index contributed by atoms with van der Waals surface area (Å²) >= 11 is 5.00. The minimum atomic E-state index is 0.375. The number of hydrogen-bond acceptors (Lipinski definition) is 3. The van der Waals surface area contributed by atoms with Gasteiger partial charge in [0.15, 0.2) is 0 Å². The van der Waals surface area contributed by atoms with Gasteiger partial charge in [-0.1, -0.05) is 32.0 Å². The first-order valence-electron chi connectivity index (χ1n) is 6.75. The van der Waals surface area contributed by atoms with Crippen molar-refractivity contribution in [2.75, 3.05) is 11.4 Å². The maximum atomic E-state index is 5.66. The van der Waals surface area contributed by atoms with Crippen molar-refractivity contribution in [2.24, 2.45) is 5.73 Å². The first kappa shape index (κ1) is 13.3. The topological polar surface area (TPSA) is 42.2 Å². The van der Waals surface area contributed by atoms with Crippen LogP contribution in [-0.2, 0) is 0 Å². The summed E-state index contributed by atoms with van der Waals surface area (Å²) in [4.78, 5) is 7.09. The number of anilines is 1. The Morgan fingerprint density at radius 3 is 3.06 bits per heavy atom. The number of thiocarbonyl (C=S) groups is 1. The van der Waals surface area contributed by atoms with Crippen molar-refractivity contribution in [1.82, 2.24) is 4.98 Å². The summed E-state index contributed by atoms with van der Waals surface area (Å²) in [6.45, 7) is 3.39. The van der Waals surface area contributed by atoms with Gasteiger partial charge < -0.3 is 10.6 Å². The van der Waals surface area contributed by atoms with E-state index in [1.807, 2.05) is 6.07 Å². The van der Waals surface area contributed by atoms with E-state index in [1.165, 1.54) is 37.8 Å². The molecule has 1 saturated heterocycles. The molecule has 18 heavy (non-hydrogen) atoms. The molecule has 0 amide bonds. The van der Waals surface area contributed by atoms with Gasteiger partial charge in [0.25, 0.3) is 0 Å². The van der Waals surface area contributed by atoms with Gasteiger partial charge in [0.05, 0.1) is 5.69 Å². The fourth-order valence-corrected chi connectivity index (χ4v) is 2.79. The van der Waals surface area contributed by atoms with Crippen LogP contribution in [0.5, 0.6) is 0 Å². The van der Waals surface area contributed by atoms with Gasteiger partial charge >= 0.3 is 0 Å². The van der Waals surface area contributed by atoms with E-state index in [9.17, 15) is 0 Å². The molecule has 0 bridgehead atoms. The Morgan fingerprint density at radius 1 is 1.50 bits per heavy atom. The minimum absolute atomic E-state index is 0.375. The second-order valence-corrected chi connectivity index (χ2v) is 5.31. The van der Waals surface area contributed by atoms with Gasteiger partial charge in [0.1, 0.15) is 4.99 Å². The van der Waals surface area contributed by atoms with Crippen molar-refractivity contribution >= 4 is 22.9 Å². The maximum Gasteiger partial charge on any atom is 0.122 e. The first-order chi connectivity index (χ1) is 8.72. The van der Waals surface area contributed by atoms with Crippen LogP contribution in [0.2, 0.25) is 0 Å². The molecule has 3 nitrogen and oxygen atoms in total. The van der Waals surface area contributed by atoms with Gasteiger partial charge in [0.2, 0.25) is 0 Å². The zero-order valence-corrected chi connectivity index (χ0v) is 11.7. The molecule has 2 rings (SSSR count). The molecule has 2 N–H and O–H groups in total. The summed E-state index contributed by atoms with van der Waals surface area (Å²) in [6.07, 6.45) is 8.21. The molecule has 0 aromatic carbocycles. The van der Waals surface area contributed by atoms with Crippen molar-refractivity contribution in [2.45, 2.75) is 45.1 Å². The van der Waals surface area contributed by atoms with Crippen molar-refractivity contribution in [1.29, 1.82) is 0 Å². The average molecular weight is 263 g/mol. The van der Waals surface area contributed by atoms with Gasteiger partial charge in [0, 0.05) is 24.5 Å². The summed E-state index contributed by atoms with van der Waals surface area (Å²) in [6, 6.07) is 4.72. The molecule has 0 saturated carbocycles. The zero-order chi connectivity index (χ0) is 13.0. The van der Waals surface area contributed by atoms with Crippen LogP contribution >= 0.6 is 12.2 Å². The van der Waals surface area contributed by atoms with Crippen molar-refractivity contribution in [3.8, 4) is 0 Å².